The van der Waals surface area contributed by atoms with Gasteiger partial charge in [0.15, 0.2) is 0 Å². The largest absolute Gasteiger partial charge is 0.389 e. The predicted molar refractivity (Wildman–Crippen MR) is 145 cm³/mol. The Hall–Kier alpha value is 0.410. The average molecular weight is 530 g/mol. The summed E-state index contributed by atoms with van der Waals surface area (Å²) in [5.41, 5.74) is 3.46. The van der Waals surface area contributed by atoms with E-state index in [0.29, 0.717) is 17.7 Å². The van der Waals surface area contributed by atoms with Gasteiger partial charge in [-0.05, 0) is 57.3 Å². The maximum absolute atomic E-state index is 6.01. The maximum atomic E-state index is 6.01. The van der Waals surface area contributed by atoms with Crippen molar-refractivity contribution in [2.45, 2.75) is 68.2 Å². The number of hydrogen-bond donors (Lipinski definition) is 1. The van der Waals surface area contributed by atoms with Crippen LogP contribution in [-0.2, 0) is 0 Å². The van der Waals surface area contributed by atoms with Crippen LogP contribution in [0.15, 0.2) is 36.8 Å². The lowest BCUT2D eigenvalue weighted by Crippen LogP contribution is -2.18. The van der Waals surface area contributed by atoms with Crippen molar-refractivity contribution in [3.05, 3.63) is 36.8 Å². The third-order valence-electron chi connectivity index (χ3n) is 6.12. The Morgan fingerprint density at radius 3 is 2.48 bits per heavy atom. The van der Waals surface area contributed by atoms with Crippen LogP contribution in [0.4, 0.5) is 0 Å². The molecule has 3 atom stereocenters. The summed E-state index contributed by atoms with van der Waals surface area (Å²) in [5, 5.41) is 3.49. The van der Waals surface area contributed by atoms with Gasteiger partial charge in [0, 0.05) is 42.0 Å². The zero-order valence-electron chi connectivity index (χ0n) is 19.4. The lowest BCUT2D eigenvalue weighted by atomic mass is 10.0. The number of rotatable bonds is 16. The summed E-state index contributed by atoms with van der Waals surface area (Å²) in [6.45, 7) is 18.9. The number of likely N-dealkylation sites (tertiary alicyclic amines) is 1. The van der Waals surface area contributed by atoms with Gasteiger partial charge in [-0.15, -0.1) is 11.6 Å². The zero-order chi connectivity index (χ0) is 23.4. The van der Waals surface area contributed by atoms with Crippen molar-refractivity contribution < 1.29 is 0 Å². The first kappa shape index (κ1) is 29.4. The minimum Gasteiger partial charge on any atom is -0.389 e. The maximum Gasteiger partial charge on any atom is 0.208 e. The van der Waals surface area contributed by atoms with Gasteiger partial charge in [-0.3, -0.25) is 0 Å². The van der Waals surface area contributed by atoms with Crippen molar-refractivity contribution in [2.75, 3.05) is 31.8 Å². The van der Waals surface area contributed by atoms with Crippen molar-refractivity contribution in [3.8, 4) is 0 Å². The Labute approximate surface area is 212 Å². The van der Waals surface area contributed by atoms with Crippen LogP contribution in [0.1, 0.15) is 64.7 Å². The molecule has 1 rings (SSSR count). The van der Waals surface area contributed by atoms with E-state index in [1.807, 2.05) is 0 Å². The molecule has 1 aliphatic heterocycles. The molecule has 0 amide bonds. The van der Waals surface area contributed by atoms with Crippen LogP contribution in [-0.4, -0.2) is 40.2 Å². The van der Waals surface area contributed by atoms with Crippen molar-refractivity contribution in [3.63, 3.8) is 0 Å². The summed E-state index contributed by atoms with van der Waals surface area (Å²) < 4.78 is -1.08. The molecule has 180 valence electrons. The van der Waals surface area contributed by atoms with Gasteiger partial charge in [0.2, 0.25) is 3.53 Å². The highest BCUT2D eigenvalue weighted by molar-refractivity contribution is 7.65. The molecule has 7 heteroatoms. The van der Waals surface area contributed by atoms with Crippen molar-refractivity contribution in [2.24, 2.45) is 11.8 Å². The summed E-state index contributed by atoms with van der Waals surface area (Å²) in [4.78, 5) is 2.26. The average Bonchev–Trinajstić information content (AvgIpc) is 2.98. The minimum absolute atomic E-state index is 0.368. The second-order valence-electron chi connectivity index (χ2n) is 8.88. The van der Waals surface area contributed by atoms with E-state index in [1.54, 1.807) is 0 Å². The van der Waals surface area contributed by atoms with Crippen LogP contribution in [0.5, 0.6) is 0 Å². The van der Waals surface area contributed by atoms with Gasteiger partial charge < -0.3 is 10.2 Å². The highest BCUT2D eigenvalue weighted by Crippen LogP contribution is 2.56. The van der Waals surface area contributed by atoms with E-state index < -0.39 is 11.5 Å². The zero-order valence-corrected chi connectivity index (χ0v) is 23.3. The Kier molecular flexibility index (Phi) is 14.6. The molecule has 0 radical (unpaired) electrons. The second kappa shape index (κ2) is 15.3. The summed E-state index contributed by atoms with van der Waals surface area (Å²) in [5.74, 6) is 1.69. The number of allylic oxidation sites excluding steroid dienone is 3. The minimum atomic E-state index is -1.08. The molecular weight excluding hydrogens is 489 g/mol. The van der Waals surface area contributed by atoms with E-state index in [1.165, 1.54) is 25.7 Å². The van der Waals surface area contributed by atoms with E-state index in [9.17, 15) is 0 Å². The Balaban J connectivity index is 2.00. The number of unbranched alkanes of at least 4 members (excludes halogenated alkanes) is 3. The molecule has 2 nitrogen and oxygen atoms in total. The molecule has 0 aromatic rings. The quantitative estimate of drug-likeness (QED) is 0.122. The smallest absolute Gasteiger partial charge is 0.208 e. The fourth-order valence-electron chi connectivity index (χ4n) is 3.82. The van der Waals surface area contributed by atoms with E-state index in [4.69, 9.17) is 46.4 Å². The summed E-state index contributed by atoms with van der Waals surface area (Å²) in [6.07, 6.45) is 11.3. The van der Waals surface area contributed by atoms with Crippen molar-refractivity contribution in [1.29, 1.82) is 0 Å². The van der Waals surface area contributed by atoms with E-state index in [0.717, 1.165) is 68.4 Å². The molecule has 0 spiro atoms. The SMILES string of the molecule is C=C(CCCCCN1C(=C)CC(CCl)C1=C)NCCCCC(C)CCP(C)C(Cl)(Cl)Cl. The first-order valence-electron chi connectivity index (χ1n) is 11.5. The first-order valence-corrected chi connectivity index (χ1v) is 15.1. The normalized spacial score (nSPS) is 19.0. The molecule has 0 aliphatic carbocycles. The van der Waals surface area contributed by atoms with Gasteiger partial charge in [0.1, 0.15) is 0 Å². The van der Waals surface area contributed by atoms with E-state index in [2.05, 4.69) is 43.5 Å². The Morgan fingerprint density at radius 2 is 1.87 bits per heavy atom. The van der Waals surface area contributed by atoms with Crippen LogP contribution < -0.4 is 5.32 Å². The summed E-state index contributed by atoms with van der Waals surface area (Å²) in [6, 6.07) is 0. The number of hydrogen-bond acceptors (Lipinski definition) is 2. The van der Waals surface area contributed by atoms with Gasteiger partial charge in [0.25, 0.3) is 0 Å². The van der Waals surface area contributed by atoms with Gasteiger partial charge in [-0.1, -0.05) is 88.6 Å². The fraction of sp³-hybridized carbons (Fsp3) is 0.750. The van der Waals surface area contributed by atoms with Crippen LogP contribution in [0, 0.1) is 11.8 Å². The number of halogens is 4. The van der Waals surface area contributed by atoms with Gasteiger partial charge >= 0.3 is 0 Å². The van der Waals surface area contributed by atoms with Gasteiger partial charge in [0.05, 0.1) is 0 Å². The first-order chi connectivity index (χ1) is 14.6. The molecule has 0 aromatic carbocycles. The molecule has 1 N–H and O–H groups in total. The molecular formula is C24H41Cl4N2P. The monoisotopic (exact) mass is 528 g/mol. The van der Waals surface area contributed by atoms with E-state index in [-0.39, 0.29) is 0 Å². The fourth-order valence-corrected chi connectivity index (χ4v) is 5.95. The van der Waals surface area contributed by atoms with Crippen molar-refractivity contribution >= 4 is 54.3 Å². The number of nitrogens with one attached hydrogen (secondary N) is 1. The number of nitrogens with zero attached hydrogens (tertiary/aromatic N) is 1. The van der Waals surface area contributed by atoms with Crippen LogP contribution in [0.25, 0.3) is 0 Å². The molecule has 3 unspecified atom stereocenters. The molecule has 0 bridgehead atoms. The lowest BCUT2D eigenvalue weighted by molar-refractivity contribution is 0.426. The molecule has 1 fully saturated rings. The molecule has 0 saturated carbocycles. The second-order valence-corrected chi connectivity index (χ2v) is 14.8. The van der Waals surface area contributed by atoms with Crippen LogP contribution in [0.2, 0.25) is 0 Å². The lowest BCUT2D eigenvalue weighted by Gasteiger charge is -2.22. The third-order valence-corrected chi connectivity index (χ3v) is 10.9. The predicted octanol–water partition coefficient (Wildman–Crippen LogP) is 8.87. The van der Waals surface area contributed by atoms with Gasteiger partial charge in [-0.25, -0.2) is 0 Å². The molecule has 1 aliphatic rings. The molecule has 1 heterocycles. The molecule has 1 saturated heterocycles. The summed E-state index contributed by atoms with van der Waals surface area (Å²) >= 11 is 23.9. The highest BCUT2D eigenvalue weighted by atomic mass is 35.6. The highest BCUT2D eigenvalue weighted by Gasteiger charge is 2.28. The van der Waals surface area contributed by atoms with E-state index >= 15 is 0 Å². The third kappa shape index (κ3) is 11.9. The Morgan fingerprint density at radius 1 is 1.16 bits per heavy atom. The summed E-state index contributed by atoms with van der Waals surface area (Å²) in [7, 11) is -0.548. The van der Waals surface area contributed by atoms with Crippen molar-refractivity contribution in [1.82, 2.24) is 10.2 Å². The standard InChI is InChI=1S/C24H41Cl4N2P/c1-19(13-16-31(5)24(26,27)28)11-8-9-14-29-20(2)12-7-6-10-15-30-21(3)17-23(18-25)22(30)4/h19,23,29H,2-4,6-18H2,1,5H3. The topological polar surface area (TPSA) is 15.3 Å². The number of alkyl halides is 4. The van der Waals surface area contributed by atoms with Crippen LogP contribution >= 0.6 is 54.3 Å². The molecule has 0 aromatic heterocycles. The Bertz CT molecular complexity index is 576. The van der Waals surface area contributed by atoms with Gasteiger partial charge in [-0.2, -0.15) is 0 Å². The molecule has 31 heavy (non-hydrogen) atoms. The van der Waals surface area contributed by atoms with Crippen LogP contribution in [0.3, 0.4) is 0 Å².